The van der Waals surface area contributed by atoms with Gasteiger partial charge in [0.05, 0.1) is 23.7 Å². The molecule has 3 aromatic rings. The highest BCUT2D eigenvalue weighted by atomic mass is 35.5. The average molecular weight is 455 g/mol. The van der Waals surface area contributed by atoms with Crippen molar-refractivity contribution in [2.45, 2.75) is 44.1 Å². The molecule has 1 saturated carbocycles. The second kappa shape index (κ2) is 9.71. The summed E-state index contributed by atoms with van der Waals surface area (Å²) in [5.74, 6) is 0.0667. The van der Waals surface area contributed by atoms with Gasteiger partial charge in [0.15, 0.2) is 5.82 Å². The molecule has 1 aliphatic rings. The summed E-state index contributed by atoms with van der Waals surface area (Å²) in [6.45, 7) is 0.442. The molecule has 1 aliphatic carbocycles. The van der Waals surface area contributed by atoms with Crippen LogP contribution < -0.4 is 11.0 Å². The van der Waals surface area contributed by atoms with Gasteiger partial charge in [-0.3, -0.25) is 9.78 Å². The third-order valence-corrected chi connectivity index (χ3v) is 6.59. The second-order valence-electron chi connectivity index (χ2n) is 8.31. The second-order valence-corrected chi connectivity index (χ2v) is 8.72. The predicted molar refractivity (Wildman–Crippen MR) is 124 cm³/mol. The van der Waals surface area contributed by atoms with Crippen LogP contribution in [0, 0.1) is 0 Å². The van der Waals surface area contributed by atoms with Crippen LogP contribution in [-0.4, -0.2) is 38.9 Å². The minimum absolute atomic E-state index is 0.0758. The van der Waals surface area contributed by atoms with E-state index >= 15 is 0 Å². The first-order valence-electron chi connectivity index (χ1n) is 10.9. The van der Waals surface area contributed by atoms with Gasteiger partial charge in [0, 0.05) is 17.5 Å². The van der Waals surface area contributed by atoms with Gasteiger partial charge in [-0.1, -0.05) is 61.2 Å². The Balaban J connectivity index is 1.56. The van der Waals surface area contributed by atoms with Crippen LogP contribution in [0.3, 0.4) is 0 Å². The summed E-state index contributed by atoms with van der Waals surface area (Å²) in [6.07, 6.45) is 5.58. The first kappa shape index (κ1) is 22.3. The molecule has 8 heteroatoms. The monoisotopic (exact) mass is 454 g/mol. The number of benzene rings is 2. The highest BCUT2D eigenvalue weighted by Gasteiger charge is 2.34. The van der Waals surface area contributed by atoms with Crippen molar-refractivity contribution in [3.05, 3.63) is 75.2 Å². The summed E-state index contributed by atoms with van der Waals surface area (Å²) >= 11 is 6.35. The molecule has 0 bridgehead atoms. The number of H-pyrrole nitrogens is 1. The van der Waals surface area contributed by atoms with Gasteiger partial charge >= 0.3 is 5.69 Å². The van der Waals surface area contributed by atoms with Gasteiger partial charge in [-0.2, -0.15) is 0 Å². The van der Waals surface area contributed by atoms with E-state index in [1.165, 1.54) is 12.0 Å². The first-order valence-corrected chi connectivity index (χ1v) is 11.3. The van der Waals surface area contributed by atoms with E-state index in [1.807, 2.05) is 18.2 Å². The third-order valence-electron chi connectivity index (χ3n) is 6.26. The smallest absolute Gasteiger partial charge is 0.343 e. The molecular formula is C24H27ClN4O3. The maximum Gasteiger partial charge on any atom is 0.343 e. The molecule has 3 N–H and O–H groups in total. The molecule has 0 saturated heterocycles. The number of hydrogen-bond donors (Lipinski definition) is 3. The summed E-state index contributed by atoms with van der Waals surface area (Å²) in [5, 5.41) is 16.7. The van der Waals surface area contributed by atoms with Crippen LogP contribution >= 0.6 is 11.6 Å². The van der Waals surface area contributed by atoms with E-state index in [-0.39, 0.29) is 24.5 Å². The molecule has 1 fully saturated rings. The van der Waals surface area contributed by atoms with Crippen molar-refractivity contribution < 1.29 is 9.90 Å². The molecule has 4 rings (SSSR count). The van der Waals surface area contributed by atoms with Crippen molar-refractivity contribution in [3.8, 4) is 11.4 Å². The maximum absolute atomic E-state index is 13.1. The van der Waals surface area contributed by atoms with Crippen molar-refractivity contribution in [2.75, 3.05) is 13.2 Å². The number of carbonyl (C=O) groups excluding carboxylic acids is 1. The van der Waals surface area contributed by atoms with E-state index < -0.39 is 5.69 Å². The fraction of sp³-hybridized carbons (Fsp3) is 0.375. The normalized spacial score (nSPS) is 15.4. The van der Waals surface area contributed by atoms with Gasteiger partial charge < -0.3 is 10.4 Å². The number of halogens is 1. The van der Waals surface area contributed by atoms with Crippen molar-refractivity contribution >= 4 is 17.5 Å². The Hall–Kier alpha value is -2.90. The van der Waals surface area contributed by atoms with Crippen LogP contribution in [0.2, 0.25) is 5.02 Å². The molecule has 0 radical (unpaired) electrons. The standard InChI is InChI=1S/C24H27ClN4O3/c25-20-10-9-17(21-27-23(32)29(28-21)13-14-30)15-19(20)22(31)26-16-24(11-5-2-6-12-24)18-7-3-1-4-8-18/h1,3-4,7-10,15,30H,2,5-6,11-14,16H2,(H,26,31)(H,27,28,32). The van der Waals surface area contributed by atoms with E-state index in [4.69, 9.17) is 16.7 Å². The van der Waals surface area contributed by atoms with Crippen LogP contribution in [-0.2, 0) is 12.0 Å². The fourth-order valence-corrected chi connectivity index (χ4v) is 4.72. The number of carbonyl (C=O) groups is 1. The molecule has 1 amide bonds. The molecular weight excluding hydrogens is 428 g/mol. The van der Waals surface area contributed by atoms with Crippen molar-refractivity contribution in [3.63, 3.8) is 0 Å². The van der Waals surface area contributed by atoms with Crippen molar-refractivity contribution in [2.24, 2.45) is 0 Å². The van der Waals surface area contributed by atoms with Crippen LogP contribution in [0.5, 0.6) is 0 Å². The molecule has 168 valence electrons. The molecule has 0 atom stereocenters. The summed E-state index contributed by atoms with van der Waals surface area (Å²) in [6, 6.07) is 15.4. The number of amides is 1. The van der Waals surface area contributed by atoms with E-state index in [2.05, 4.69) is 27.5 Å². The van der Waals surface area contributed by atoms with E-state index in [1.54, 1.807) is 18.2 Å². The van der Waals surface area contributed by atoms with Crippen molar-refractivity contribution in [1.82, 2.24) is 20.1 Å². The molecule has 1 heterocycles. The van der Waals surface area contributed by atoms with Crippen LogP contribution in [0.15, 0.2) is 53.3 Å². The molecule has 0 unspecified atom stereocenters. The quantitative estimate of drug-likeness (QED) is 0.508. The van der Waals surface area contributed by atoms with Gasteiger partial charge in [0.2, 0.25) is 0 Å². The number of nitrogens with zero attached hydrogens (tertiary/aromatic N) is 2. The summed E-state index contributed by atoms with van der Waals surface area (Å²) in [5.41, 5.74) is 1.67. The van der Waals surface area contributed by atoms with Crippen LogP contribution in [0.1, 0.15) is 48.0 Å². The molecule has 1 aromatic heterocycles. The third kappa shape index (κ3) is 4.64. The van der Waals surface area contributed by atoms with Gasteiger partial charge in [0.1, 0.15) is 0 Å². The largest absolute Gasteiger partial charge is 0.394 e. The lowest BCUT2D eigenvalue weighted by atomic mass is 9.69. The maximum atomic E-state index is 13.1. The van der Waals surface area contributed by atoms with E-state index in [0.29, 0.717) is 28.5 Å². The number of hydrogen-bond acceptors (Lipinski definition) is 4. The zero-order valence-corrected chi connectivity index (χ0v) is 18.6. The molecule has 0 aliphatic heterocycles. The van der Waals surface area contributed by atoms with Crippen LogP contribution in [0.25, 0.3) is 11.4 Å². The first-order chi connectivity index (χ1) is 15.5. The van der Waals surface area contributed by atoms with Gasteiger partial charge in [-0.15, -0.1) is 5.10 Å². The summed E-state index contributed by atoms with van der Waals surface area (Å²) in [7, 11) is 0. The topological polar surface area (TPSA) is 100 Å². The van der Waals surface area contributed by atoms with Gasteiger partial charge in [-0.05, 0) is 36.6 Å². The Morgan fingerprint density at radius 2 is 1.91 bits per heavy atom. The van der Waals surface area contributed by atoms with E-state index in [0.717, 1.165) is 30.4 Å². The highest BCUT2D eigenvalue weighted by molar-refractivity contribution is 6.34. The number of rotatable bonds is 7. The zero-order valence-electron chi connectivity index (χ0n) is 17.8. The number of aromatic nitrogens is 3. The lowest BCUT2D eigenvalue weighted by Crippen LogP contribution is -2.42. The zero-order chi connectivity index (χ0) is 22.6. The minimum atomic E-state index is -0.419. The molecule has 0 spiro atoms. The van der Waals surface area contributed by atoms with Gasteiger partial charge in [0.25, 0.3) is 5.91 Å². The highest BCUT2D eigenvalue weighted by Crippen LogP contribution is 2.39. The van der Waals surface area contributed by atoms with Crippen LogP contribution in [0.4, 0.5) is 0 Å². The van der Waals surface area contributed by atoms with E-state index in [9.17, 15) is 9.59 Å². The number of aliphatic hydroxyl groups is 1. The Labute approximate surface area is 191 Å². The summed E-state index contributed by atoms with van der Waals surface area (Å²) < 4.78 is 1.15. The number of nitrogens with one attached hydrogen (secondary N) is 2. The lowest BCUT2D eigenvalue weighted by molar-refractivity contribution is 0.0937. The van der Waals surface area contributed by atoms with Crippen molar-refractivity contribution in [1.29, 1.82) is 0 Å². The number of aliphatic hydroxyl groups excluding tert-OH is 1. The Morgan fingerprint density at radius 1 is 1.16 bits per heavy atom. The Kier molecular flexibility index (Phi) is 6.77. The minimum Gasteiger partial charge on any atom is -0.394 e. The van der Waals surface area contributed by atoms with Gasteiger partial charge in [-0.25, -0.2) is 9.48 Å². The molecule has 32 heavy (non-hydrogen) atoms. The summed E-state index contributed by atoms with van der Waals surface area (Å²) in [4.78, 5) is 27.7. The average Bonchev–Trinajstić information content (AvgIpc) is 3.19. The number of aromatic amines is 1. The SMILES string of the molecule is O=C(NCC1(c2ccccc2)CCCCC1)c1cc(-c2nn(CCO)c(=O)[nH]2)ccc1Cl. The predicted octanol–water partition coefficient (Wildman–Crippen LogP) is 3.52. The lowest BCUT2D eigenvalue weighted by Gasteiger charge is -2.38. The Bertz CT molecular complexity index is 1130. The fourth-order valence-electron chi connectivity index (χ4n) is 4.51. The molecule has 7 nitrogen and oxygen atoms in total. The molecule has 2 aromatic carbocycles. The Morgan fingerprint density at radius 3 is 2.62 bits per heavy atom.